The van der Waals surface area contributed by atoms with Crippen LogP contribution in [0.15, 0.2) is 42.5 Å². The fraction of sp³-hybridized carbons (Fsp3) is 0.364. The summed E-state index contributed by atoms with van der Waals surface area (Å²) in [7, 11) is 1.81. The summed E-state index contributed by atoms with van der Waals surface area (Å²) >= 11 is -1.32. The average Bonchev–Trinajstić information content (AvgIpc) is 3.11. The minimum absolute atomic E-state index is 0.00418. The van der Waals surface area contributed by atoms with Gasteiger partial charge in [-0.2, -0.15) is 0 Å². The molecule has 0 bridgehead atoms. The Kier molecular flexibility index (Phi) is 7.40. The first kappa shape index (κ1) is 22.6. The summed E-state index contributed by atoms with van der Waals surface area (Å²) < 4.78 is 5.33. The number of amides is 1. The molecule has 6 nitrogen and oxygen atoms in total. The summed E-state index contributed by atoms with van der Waals surface area (Å²) in [4.78, 5) is 26.7. The Morgan fingerprint density at radius 3 is 2.63 bits per heavy atom. The zero-order valence-electron chi connectivity index (χ0n) is 17.5. The van der Waals surface area contributed by atoms with E-state index < -0.39 is 27.5 Å². The molecule has 3 rings (SSSR count). The van der Waals surface area contributed by atoms with Crippen LogP contribution in [0.25, 0.3) is 0 Å². The molecule has 3 atom stereocenters. The molecule has 2 aromatic carbocycles. The number of benzene rings is 2. The van der Waals surface area contributed by atoms with Gasteiger partial charge in [0, 0.05) is 0 Å². The van der Waals surface area contributed by atoms with Gasteiger partial charge in [-0.05, 0) is 0 Å². The van der Waals surface area contributed by atoms with E-state index in [0.717, 1.165) is 16.9 Å². The van der Waals surface area contributed by atoms with Gasteiger partial charge < -0.3 is 0 Å². The van der Waals surface area contributed by atoms with E-state index in [9.17, 15) is 19.6 Å². The summed E-state index contributed by atoms with van der Waals surface area (Å²) in [6, 6.07) is 13.1. The van der Waals surface area contributed by atoms with Crippen LogP contribution in [-0.2, 0) is 11.2 Å². The number of para-hydroxylation sites is 1. The van der Waals surface area contributed by atoms with Crippen molar-refractivity contribution in [2.45, 2.75) is 30.3 Å². The van der Waals surface area contributed by atoms with Crippen molar-refractivity contribution in [1.29, 1.82) is 0 Å². The predicted octanol–water partition coefficient (Wildman–Crippen LogP) is 1.57. The molecule has 2 N–H and O–H groups in total. The van der Waals surface area contributed by atoms with Gasteiger partial charge in [0.25, 0.3) is 0 Å². The molecule has 0 aliphatic carbocycles. The van der Waals surface area contributed by atoms with Crippen LogP contribution < -0.4 is 4.74 Å². The Hall–Kier alpha value is -2.08. The van der Waals surface area contributed by atoms with E-state index >= 15 is 0 Å². The molecular formula is C22H27AsBNO5. The molecule has 0 spiro atoms. The number of carbonyl (C=O) groups is 2. The van der Waals surface area contributed by atoms with Gasteiger partial charge in [-0.3, -0.25) is 0 Å². The van der Waals surface area contributed by atoms with Crippen LogP contribution in [-0.4, -0.2) is 69.0 Å². The van der Waals surface area contributed by atoms with E-state index in [4.69, 9.17) is 4.74 Å². The van der Waals surface area contributed by atoms with E-state index in [2.05, 4.69) is 0 Å². The van der Waals surface area contributed by atoms with Gasteiger partial charge in [-0.25, -0.2) is 0 Å². The summed E-state index contributed by atoms with van der Waals surface area (Å²) in [6.45, 7) is 2.48. The summed E-state index contributed by atoms with van der Waals surface area (Å²) in [5.74, 6) is 0.772. The van der Waals surface area contributed by atoms with Crippen molar-refractivity contribution >= 4 is 33.3 Å². The fourth-order valence-electron chi connectivity index (χ4n) is 3.78. The zero-order chi connectivity index (χ0) is 21.8. The second-order valence-electron chi connectivity index (χ2n) is 7.86. The normalized spacial score (nSPS) is 16.2. The molecule has 1 aliphatic heterocycles. The van der Waals surface area contributed by atoms with E-state index in [1.807, 2.05) is 31.2 Å². The Bertz CT molecular complexity index is 933. The van der Waals surface area contributed by atoms with Gasteiger partial charge in [-0.1, -0.05) is 0 Å². The molecule has 0 saturated heterocycles. The van der Waals surface area contributed by atoms with Gasteiger partial charge in [0.2, 0.25) is 0 Å². The van der Waals surface area contributed by atoms with Gasteiger partial charge in [0.15, 0.2) is 0 Å². The molecule has 1 heterocycles. The third-order valence-corrected chi connectivity index (χ3v) is 8.31. The standard InChI is InChI=1S/C22H27AsBNO5/c1-14-7-6-10-17-16(13-30-21(14)17)11-19(24(28)29)23-20(26)12-15-8-4-5-9-18(15)22(27)25(2)3/h4-10,16,19,23,28-29H,11-13H2,1-3H3/t16?,19-/m1/s1. The Labute approximate surface area is 184 Å². The molecule has 0 fully saturated rings. The maximum atomic E-state index is 12.8. The van der Waals surface area contributed by atoms with Crippen LogP contribution in [0.3, 0.4) is 0 Å². The summed E-state index contributed by atoms with van der Waals surface area (Å²) in [5.41, 5.74) is 3.32. The third kappa shape index (κ3) is 5.15. The molecule has 1 aliphatic rings. The molecule has 0 aromatic heterocycles. The van der Waals surface area contributed by atoms with E-state index in [1.54, 1.807) is 32.3 Å². The Morgan fingerprint density at radius 2 is 1.93 bits per heavy atom. The Morgan fingerprint density at radius 1 is 1.20 bits per heavy atom. The average molecular weight is 471 g/mol. The molecular weight excluding hydrogens is 444 g/mol. The Balaban J connectivity index is 1.70. The van der Waals surface area contributed by atoms with E-state index in [-0.39, 0.29) is 22.8 Å². The number of aryl methyl sites for hydroxylation is 1. The van der Waals surface area contributed by atoms with Crippen molar-refractivity contribution in [3.8, 4) is 5.75 Å². The monoisotopic (exact) mass is 471 g/mol. The van der Waals surface area contributed by atoms with Gasteiger partial charge in [0.05, 0.1) is 0 Å². The van der Waals surface area contributed by atoms with Gasteiger partial charge in [0.1, 0.15) is 0 Å². The van der Waals surface area contributed by atoms with Crippen molar-refractivity contribution in [1.82, 2.24) is 4.90 Å². The van der Waals surface area contributed by atoms with Crippen LogP contribution in [0, 0.1) is 6.92 Å². The number of carbonyl (C=O) groups excluding carboxylic acids is 2. The fourth-order valence-corrected chi connectivity index (χ4v) is 6.42. The SMILES string of the molecule is Cc1cccc2c1OCC2C[C@H]([AsH]C(=O)Cc1ccccc1C(=O)N(C)C)B(O)O. The minimum atomic E-state index is -1.54. The molecule has 8 heteroatoms. The van der Waals surface area contributed by atoms with Crippen molar-refractivity contribution in [2.24, 2.45) is 0 Å². The van der Waals surface area contributed by atoms with Gasteiger partial charge >= 0.3 is 184 Å². The van der Waals surface area contributed by atoms with Crippen molar-refractivity contribution < 1.29 is 24.4 Å². The van der Waals surface area contributed by atoms with Crippen molar-refractivity contribution in [3.63, 3.8) is 0 Å². The molecule has 0 radical (unpaired) electrons. The first-order chi connectivity index (χ1) is 14.3. The van der Waals surface area contributed by atoms with Crippen molar-refractivity contribution in [2.75, 3.05) is 20.7 Å². The quantitative estimate of drug-likeness (QED) is 0.572. The molecule has 1 amide bonds. The predicted molar refractivity (Wildman–Crippen MR) is 118 cm³/mol. The molecule has 158 valence electrons. The number of ether oxygens (including phenoxy) is 1. The van der Waals surface area contributed by atoms with E-state index in [0.29, 0.717) is 24.2 Å². The first-order valence-electron chi connectivity index (χ1n) is 9.95. The summed E-state index contributed by atoms with van der Waals surface area (Å²) in [5, 5.41) is 19.9. The third-order valence-electron chi connectivity index (χ3n) is 5.36. The molecule has 2 aromatic rings. The molecule has 2 unspecified atom stereocenters. The van der Waals surface area contributed by atoms with Crippen LogP contribution in [0.5, 0.6) is 5.75 Å². The van der Waals surface area contributed by atoms with Crippen molar-refractivity contribution in [3.05, 3.63) is 64.7 Å². The molecule has 0 saturated carbocycles. The van der Waals surface area contributed by atoms with Crippen LogP contribution >= 0.6 is 0 Å². The van der Waals surface area contributed by atoms with E-state index in [1.165, 1.54) is 4.90 Å². The zero-order valence-corrected chi connectivity index (χ0v) is 19.6. The second-order valence-corrected chi connectivity index (χ2v) is 11.2. The van der Waals surface area contributed by atoms with Crippen LogP contribution in [0.2, 0.25) is 4.60 Å². The second kappa shape index (κ2) is 9.82. The molecule has 30 heavy (non-hydrogen) atoms. The number of fused-ring (bicyclic) bond motifs is 1. The number of rotatable bonds is 8. The maximum absolute atomic E-state index is 12.8. The number of hydrogen-bond acceptors (Lipinski definition) is 5. The van der Waals surface area contributed by atoms with Gasteiger partial charge in [-0.15, -0.1) is 0 Å². The van der Waals surface area contributed by atoms with Crippen LogP contribution in [0.4, 0.5) is 0 Å². The summed E-state index contributed by atoms with van der Waals surface area (Å²) in [6.07, 6.45) is 0.633. The van der Waals surface area contributed by atoms with Crippen LogP contribution in [0.1, 0.15) is 39.4 Å². The topological polar surface area (TPSA) is 87.1 Å². The number of nitrogens with zero attached hydrogens (tertiary/aromatic N) is 1. The first-order valence-corrected chi connectivity index (χ1v) is 12.2. The number of hydrogen-bond donors (Lipinski definition) is 2.